The van der Waals surface area contributed by atoms with Gasteiger partial charge in [-0.3, -0.25) is 14.5 Å². The predicted octanol–water partition coefficient (Wildman–Crippen LogP) is 5.71. The van der Waals surface area contributed by atoms with Gasteiger partial charge < -0.3 is 25.0 Å². The standard InChI is InChI=1S/C33H38F6N4O5/c1-7-8-22-15-24(31(47,32(34,35)36)33(37,38)39)11-14-26(22)41-16-21(5)42(17-20(41)4)27(44)18-43-28(45)30(6,40-29(43)46)23-9-12-25(13-10-23)48-19(2)3/h7-15,19-21,47H,16-18H2,1-6H3,(H,40,46)/b8-7-/t20?,21-,30+/m1/s1. The van der Waals surface area contributed by atoms with Crippen LogP contribution in [0.15, 0.2) is 48.5 Å². The van der Waals surface area contributed by atoms with Crippen LogP contribution in [0.4, 0.5) is 36.8 Å². The van der Waals surface area contributed by atoms with E-state index in [1.807, 2.05) is 13.8 Å². The summed E-state index contributed by atoms with van der Waals surface area (Å²) in [6, 6.07) is 7.25. The van der Waals surface area contributed by atoms with E-state index >= 15 is 0 Å². The quantitative estimate of drug-likeness (QED) is 0.273. The summed E-state index contributed by atoms with van der Waals surface area (Å²) in [6.45, 7) is 9.89. The zero-order valence-corrected chi connectivity index (χ0v) is 27.2. The molecule has 4 amide bonds. The molecule has 0 saturated carbocycles. The number of urea groups is 1. The van der Waals surface area contributed by atoms with E-state index in [0.29, 0.717) is 29.1 Å². The first-order valence-corrected chi connectivity index (χ1v) is 15.3. The fourth-order valence-corrected chi connectivity index (χ4v) is 6.05. The topological polar surface area (TPSA) is 102 Å². The number of imide groups is 1. The molecule has 2 fully saturated rings. The number of nitrogens with zero attached hydrogens (tertiary/aromatic N) is 3. The highest BCUT2D eigenvalue weighted by molar-refractivity contribution is 6.09. The zero-order chi connectivity index (χ0) is 36.0. The number of hydrogen-bond acceptors (Lipinski definition) is 6. The van der Waals surface area contributed by atoms with Gasteiger partial charge in [0.2, 0.25) is 5.91 Å². The lowest BCUT2D eigenvalue weighted by atomic mass is 9.89. The van der Waals surface area contributed by atoms with Crippen LogP contribution in [0.25, 0.3) is 6.08 Å². The maximum absolute atomic E-state index is 13.6. The maximum atomic E-state index is 13.6. The third kappa shape index (κ3) is 6.56. The van der Waals surface area contributed by atoms with Crippen LogP contribution >= 0.6 is 0 Å². The summed E-state index contributed by atoms with van der Waals surface area (Å²) in [5, 5.41) is 12.6. The van der Waals surface area contributed by atoms with Gasteiger partial charge >= 0.3 is 18.4 Å². The summed E-state index contributed by atoms with van der Waals surface area (Å²) in [6.07, 6.45) is -9.36. The minimum atomic E-state index is -6.04. The van der Waals surface area contributed by atoms with E-state index < -0.39 is 65.5 Å². The molecule has 2 aliphatic heterocycles. The molecule has 2 aromatic rings. The fourth-order valence-electron chi connectivity index (χ4n) is 6.05. The molecule has 2 heterocycles. The molecule has 262 valence electrons. The lowest BCUT2D eigenvalue weighted by Crippen LogP contribution is -2.60. The van der Waals surface area contributed by atoms with Crippen molar-refractivity contribution in [2.24, 2.45) is 0 Å². The SMILES string of the molecule is C/C=C\c1cc(C(O)(C(F)(F)F)C(F)(F)F)ccc1N1C[C@@H](C)N(C(=O)CN2C(=O)N[C@@](C)(c3ccc(OC(C)C)cc3)C2=O)CC1C. The maximum Gasteiger partial charge on any atom is 0.430 e. The fraction of sp³-hybridized carbons (Fsp3) is 0.485. The van der Waals surface area contributed by atoms with Crippen molar-refractivity contribution in [2.45, 2.75) is 83.2 Å². The van der Waals surface area contributed by atoms with E-state index in [-0.39, 0.29) is 24.8 Å². The molecule has 48 heavy (non-hydrogen) atoms. The Morgan fingerprint density at radius 2 is 1.62 bits per heavy atom. The molecule has 0 bridgehead atoms. The highest BCUT2D eigenvalue weighted by Gasteiger charge is 2.71. The third-order valence-corrected chi connectivity index (χ3v) is 8.60. The summed E-state index contributed by atoms with van der Waals surface area (Å²) in [4.78, 5) is 44.0. The van der Waals surface area contributed by atoms with Crippen molar-refractivity contribution < 1.29 is 50.6 Å². The summed E-state index contributed by atoms with van der Waals surface area (Å²) in [5.41, 5.74) is -7.10. The number of nitrogens with one attached hydrogen (secondary N) is 1. The first-order chi connectivity index (χ1) is 22.1. The van der Waals surface area contributed by atoms with Gasteiger partial charge in [0.1, 0.15) is 17.8 Å². The van der Waals surface area contributed by atoms with Gasteiger partial charge in [-0.1, -0.05) is 30.4 Å². The van der Waals surface area contributed by atoms with Gasteiger partial charge in [0, 0.05) is 36.4 Å². The van der Waals surface area contributed by atoms with Crippen LogP contribution in [0.2, 0.25) is 0 Å². The van der Waals surface area contributed by atoms with Crippen molar-refractivity contribution in [3.8, 4) is 5.75 Å². The molecular formula is C33H38F6N4O5. The van der Waals surface area contributed by atoms with Gasteiger partial charge in [-0.2, -0.15) is 26.3 Å². The van der Waals surface area contributed by atoms with Gasteiger partial charge in [-0.15, -0.1) is 0 Å². The van der Waals surface area contributed by atoms with Crippen LogP contribution in [0.5, 0.6) is 5.75 Å². The largest absolute Gasteiger partial charge is 0.491 e. The number of carbonyl (C=O) groups is 3. The number of ether oxygens (including phenoxy) is 1. The molecule has 1 unspecified atom stereocenters. The summed E-state index contributed by atoms with van der Waals surface area (Å²) >= 11 is 0. The Morgan fingerprint density at radius 1 is 1.02 bits per heavy atom. The van der Waals surface area contributed by atoms with Gasteiger partial charge in [0.15, 0.2) is 0 Å². The average Bonchev–Trinajstić information content (AvgIpc) is 3.20. The van der Waals surface area contributed by atoms with Crippen molar-refractivity contribution in [3.05, 3.63) is 65.2 Å². The third-order valence-electron chi connectivity index (χ3n) is 8.60. The minimum absolute atomic E-state index is 0.00294. The molecule has 3 atom stereocenters. The van der Waals surface area contributed by atoms with E-state index in [1.165, 1.54) is 30.9 Å². The van der Waals surface area contributed by atoms with Crippen molar-refractivity contribution in [1.29, 1.82) is 0 Å². The van der Waals surface area contributed by atoms with E-state index in [1.54, 1.807) is 43.0 Å². The summed E-state index contributed by atoms with van der Waals surface area (Å²) < 4.78 is 87.1. The number of aliphatic hydroxyl groups is 1. The number of piperazine rings is 1. The Labute approximate surface area is 274 Å². The Bertz CT molecular complexity index is 1560. The second-order valence-corrected chi connectivity index (χ2v) is 12.5. The number of hydrogen-bond donors (Lipinski definition) is 2. The normalized spacial score (nSPS) is 22.6. The number of rotatable bonds is 8. The van der Waals surface area contributed by atoms with Crippen molar-refractivity contribution in [3.63, 3.8) is 0 Å². The van der Waals surface area contributed by atoms with Crippen molar-refractivity contribution >= 4 is 29.6 Å². The summed E-state index contributed by atoms with van der Waals surface area (Å²) in [5.74, 6) is -0.556. The lowest BCUT2D eigenvalue weighted by Gasteiger charge is -2.46. The van der Waals surface area contributed by atoms with Crippen LogP contribution < -0.4 is 15.0 Å². The number of halogens is 6. The Balaban J connectivity index is 1.52. The molecule has 15 heteroatoms. The van der Waals surface area contributed by atoms with Gasteiger partial charge in [0.25, 0.3) is 11.5 Å². The van der Waals surface area contributed by atoms with Crippen molar-refractivity contribution in [1.82, 2.24) is 15.1 Å². The highest BCUT2D eigenvalue weighted by atomic mass is 19.4. The Hall–Kier alpha value is -4.27. The molecule has 2 aromatic carbocycles. The molecule has 4 rings (SSSR count). The minimum Gasteiger partial charge on any atom is -0.491 e. The van der Waals surface area contributed by atoms with Crippen molar-refractivity contribution in [2.75, 3.05) is 24.5 Å². The lowest BCUT2D eigenvalue weighted by molar-refractivity contribution is -0.376. The number of allylic oxidation sites excluding steroid dienone is 1. The molecule has 0 radical (unpaired) electrons. The van der Waals surface area contributed by atoms with Crippen LogP contribution in [-0.4, -0.2) is 82.9 Å². The molecular weight excluding hydrogens is 646 g/mol. The molecule has 2 N–H and O–H groups in total. The molecule has 0 aliphatic carbocycles. The predicted molar refractivity (Wildman–Crippen MR) is 165 cm³/mol. The Morgan fingerprint density at radius 3 is 2.17 bits per heavy atom. The van der Waals surface area contributed by atoms with Crippen LogP contribution in [0.3, 0.4) is 0 Å². The first kappa shape index (κ1) is 36.6. The smallest absolute Gasteiger partial charge is 0.430 e. The second kappa shape index (κ2) is 13.0. The molecule has 0 spiro atoms. The van der Waals surface area contributed by atoms with E-state index in [2.05, 4.69) is 5.32 Å². The molecule has 9 nitrogen and oxygen atoms in total. The molecule has 2 aliphatic rings. The number of alkyl halides is 6. The molecule has 2 saturated heterocycles. The number of benzene rings is 2. The monoisotopic (exact) mass is 684 g/mol. The van der Waals surface area contributed by atoms with Gasteiger partial charge in [0.05, 0.1) is 6.10 Å². The van der Waals surface area contributed by atoms with E-state index in [4.69, 9.17) is 4.74 Å². The first-order valence-electron chi connectivity index (χ1n) is 15.3. The van der Waals surface area contributed by atoms with Crippen LogP contribution in [-0.2, 0) is 20.7 Å². The van der Waals surface area contributed by atoms with Gasteiger partial charge in [-0.25, -0.2) is 4.79 Å². The number of amides is 4. The van der Waals surface area contributed by atoms with E-state index in [9.17, 15) is 45.8 Å². The number of carbonyl (C=O) groups excluding carboxylic acids is 3. The average molecular weight is 685 g/mol. The van der Waals surface area contributed by atoms with Gasteiger partial charge in [-0.05, 0) is 76.9 Å². The zero-order valence-electron chi connectivity index (χ0n) is 27.2. The Kier molecular flexibility index (Phi) is 9.88. The van der Waals surface area contributed by atoms with Crippen LogP contribution in [0.1, 0.15) is 58.2 Å². The molecule has 0 aromatic heterocycles. The van der Waals surface area contributed by atoms with Crippen LogP contribution in [0, 0.1) is 0 Å². The number of anilines is 1. The summed E-state index contributed by atoms with van der Waals surface area (Å²) in [7, 11) is 0. The highest BCUT2D eigenvalue weighted by Crippen LogP contribution is 2.50. The second-order valence-electron chi connectivity index (χ2n) is 12.5. The van der Waals surface area contributed by atoms with E-state index in [0.717, 1.165) is 11.0 Å².